The predicted molar refractivity (Wildman–Crippen MR) is 60.4 cm³/mol. The quantitative estimate of drug-likeness (QED) is 0.675. The molecule has 94 valence electrons. The summed E-state index contributed by atoms with van der Waals surface area (Å²) in [4.78, 5) is 11.4. The average molecular weight is 249 g/mol. The summed E-state index contributed by atoms with van der Waals surface area (Å²) in [6.45, 7) is 2.38. The molecule has 0 bridgehead atoms. The van der Waals surface area contributed by atoms with Crippen molar-refractivity contribution in [3.8, 4) is 0 Å². The van der Waals surface area contributed by atoms with Crippen LogP contribution in [0.3, 0.4) is 0 Å². The average Bonchev–Trinajstić information content (AvgIpc) is 2.75. The second-order valence-electron chi connectivity index (χ2n) is 3.96. The van der Waals surface area contributed by atoms with E-state index < -0.39 is 22.0 Å². The fourth-order valence-corrected chi connectivity index (χ4v) is 3.76. The van der Waals surface area contributed by atoms with Crippen molar-refractivity contribution in [3.63, 3.8) is 0 Å². The molecule has 1 unspecified atom stereocenters. The van der Waals surface area contributed by atoms with Crippen LogP contribution in [0.2, 0.25) is 0 Å². The number of esters is 1. The second-order valence-corrected chi connectivity index (χ2v) is 6.00. The molecule has 0 aliphatic carbocycles. The number of ether oxygens (including phenoxy) is 1. The Hall–Kier alpha value is -0.620. The molecule has 0 N–H and O–H groups in total. The highest BCUT2D eigenvalue weighted by Gasteiger charge is 2.38. The Balaban J connectivity index is 2.74. The van der Waals surface area contributed by atoms with Gasteiger partial charge in [0.1, 0.15) is 6.04 Å². The van der Waals surface area contributed by atoms with Gasteiger partial charge in [-0.3, -0.25) is 4.79 Å². The number of hydrogen-bond donors (Lipinski definition) is 0. The lowest BCUT2D eigenvalue weighted by Gasteiger charge is -2.21. The zero-order valence-corrected chi connectivity index (χ0v) is 10.6. The van der Waals surface area contributed by atoms with Crippen molar-refractivity contribution < 1.29 is 17.9 Å². The molecular formula is C10H19NO4S. The van der Waals surface area contributed by atoms with Crippen molar-refractivity contribution in [2.24, 2.45) is 0 Å². The maximum absolute atomic E-state index is 11.9. The van der Waals surface area contributed by atoms with Crippen LogP contribution >= 0.6 is 0 Å². The van der Waals surface area contributed by atoms with Crippen LogP contribution in [-0.2, 0) is 19.6 Å². The van der Waals surface area contributed by atoms with E-state index in [-0.39, 0.29) is 5.75 Å². The molecule has 1 atom stereocenters. The van der Waals surface area contributed by atoms with Gasteiger partial charge in [-0.05, 0) is 19.3 Å². The SMILES string of the molecule is CCCCS(=O)(=O)N1CCCC1C(=O)OC. The van der Waals surface area contributed by atoms with Gasteiger partial charge in [-0.15, -0.1) is 0 Å². The van der Waals surface area contributed by atoms with Gasteiger partial charge >= 0.3 is 5.97 Å². The molecule has 0 saturated carbocycles. The van der Waals surface area contributed by atoms with Crippen LogP contribution in [0.1, 0.15) is 32.6 Å². The van der Waals surface area contributed by atoms with E-state index in [9.17, 15) is 13.2 Å². The highest BCUT2D eigenvalue weighted by atomic mass is 32.2. The van der Waals surface area contributed by atoms with Crippen LogP contribution in [0.25, 0.3) is 0 Å². The van der Waals surface area contributed by atoms with Crippen LogP contribution < -0.4 is 0 Å². The number of methoxy groups -OCH3 is 1. The maximum Gasteiger partial charge on any atom is 0.324 e. The van der Waals surface area contributed by atoms with Crippen molar-refractivity contribution in [2.75, 3.05) is 19.4 Å². The van der Waals surface area contributed by atoms with Crippen molar-refractivity contribution in [1.29, 1.82) is 0 Å². The van der Waals surface area contributed by atoms with Crippen LogP contribution in [0.15, 0.2) is 0 Å². The maximum atomic E-state index is 11.9. The van der Waals surface area contributed by atoms with Gasteiger partial charge in [0.2, 0.25) is 10.0 Å². The first-order chi connectivity index (χ1) is 7.53. The number of nitrogens with zero attached hydrogens (tertiary/aromatic N) is 1. The summed E-state index contributed by atoms with van der Waals surface area (Å²) in [5.41, 5.74) is 0. The number of carbonyl (C=O) groups excluding carboxylic acids is 1. The summed E-state index contributed by atoms with van der Waals surface area (Å²) in [6, 6.07) is -0.605. The smallest absolute Gasteiger partial charge is 0.324 e. The van der Waals surface area contributed by atoms with Gasteiger partial charge in [-0.1, -0.05) is 13.3 Å². The molecule has 0 spiro atoms. The van der Waals surface area contributed by atoms with Crippen molar-refractivity contribution >= 4 is 16.0 Å². The Bertz CT molecular complexity index is 339. The van der Waals surface area contributed by atoms with E-state index in [2.05, 4.69) is 4.74 Å². The Kier molecular flexibility index (Phi) is 4.73. The first-order valence-electron chi connectivity index (χ1n) is 5.60. The second kappa shape index (κ2) is 5.63. The third-order valence-corrected chi connectivity index (χ3v) is 4.75. The predicted octanol–water partition coefficient (Wildman–Crippen LogP) is 0.754. The fourth-order valence-electron chi connectivity index (χ4n) is 1.89. The van der Waals surface area contributed by atoms with Gasteiger partial charge in [0.05, 0.1) is 12.9 Å². The van der Waals surface area contributed by atoms with E-state index in [1.54, 1.807) is 0 Å². The number of sulfonamides is 1. The standard InChI is InChI=1S/C10H19NO4S/c1-3-4-8-16(13,14)11-7-5-6-9(11)10(12)15-2/h9H,3-8H2,1-2H3. The van der Waals surface area contributed by atoms with Gasteiger partial charge in [-0.25, -0.2) is 8.42 Å². The van der Waals surface area contributed by atoms with Gasteiger partial charge in [0.25, 0.3) is 0 Å². The molecular weight excluding hydrogens is 230 g/mol. The summed E-state index contributed by atoms with van der Waals surface area (Å²) in [7, 11) is -2.00. The van der Waals surface area contributed by atoms with Crippen molar-refractivity contribution in [1.82, 2.24) is 4.31 Å². The van der Waals surface area contributed by atoms with E-state index in [4.69, 9.17) is 0 Å². The minimum absolute atomic E-state index is 0.122. The highest BCUT2D eigenvalue weighted by molar-refractivity contribution is 7.89. The van der Waals surface area contributed by atoms with Gasteiger partial charge in [-0.2, -0.15) is 4.31 Å². The molecule has 5 nitrogen and oxygen atoms in total. The lowest BCUT2D eigenvalue weighted by atomic mass is 10.2. The number of carbonyl (C=O) groups is 1. The van der Waals surface area contributed by atoms with Gasteiger partial charge in [0, 0.05) is 6.54 Å². The van der Waals surface area contributed by atoms with E-state index in [0.717, 1.165) is 12.8 Å². The molecule has 0 aromatic rings. The molecule has 0 aromatic carbocycles. The number of unbranched alkanes of at least 4 members (excludes halogenated alkanes) is 1. The van der Waals surface area contributed by atoms with E-state index in [1.165, 1.54) is 11.4 Å². The number of rotatable bonds is 5. The fraction of sp³-hybridized carbons (Fsp3) is 0.900. The van der Waals surface area contributed by atoms with Crippen LogP contribution in [-0.4, -0.2) is 44.1 Å². The molecule has 0 aromatic heterocycles. The summed E-state index contributed by atoms with van der Waals surface area (Å²) in [5.74, 6) is -0.325. The molecule has 1 aliphatic heterocycles. The largest absolute Gasteiger partial charge is 0.468 e. The molecule has 0 amide bonds. The lowest BCUT2D eigenvalue weighted by molar-refractivity contribution is -0.144. The van der Waals surface area contributed by atoms with Crippen molar-refractivity contribution in [3.05, 3.63) is 0 Å². The molecule has 16 heavy (non-hydrogen) atoms. The monoisotopic (exact) mass is 249 g/mol. The van der Waals surface area contributed by atoms with E-state index >= 15 is 0 Å². The van der Waals surface area contributed by atoms with E-state index in [0.29, 0.717) is 19.4 Å². The summed E-state index contributed by atoms with van der Waals surface area (Å²) in [6.07, 6.45) is 2.76. The van der Waals surface area contributed by atoms with Crippen molar-refractivity contribution in [2.45, 2.75) is 38.6 Å². The lowest BCUT2D eigenvalue weighted by Crippen LogP contribution is -2.42. The molecule has 1 fully saturated rings. The molecule has 6 heteroatoms. The molecule has 1 aliphatic rings. The summed E-state index contributed by atoms with van der Waals surface area (Å²) < 4.78 is 29.8. The third kappa shape index (κ3) is 2.95. The third-order valence-electron chi connectivity index (χ3n) is 2.79. The molecule has 1 saturated heterocycles. The minimum atomic E-state index is -3.29. The molecule has 1 heterocycles. The number of hydrogen-bond acceptors (Lipinski definition) is 4. The molecule has 0 radical (unpaired) electrons. The zero-order valence-electron chi connectivity index (χ0n) is 9.81. The van der Waals surface area contributed by atoms with Gasteiger partial charge in [0.15, 0.2) is 0 Å². The Morgan fingerprint density at radius 2 is 2.19 bits per heavy atom. The zero-order chi connectivity index (χ0) is 12.2. The van der Waals surface area contributed by atoms with Crippen LogP contribution in [0.5, 0.6) is 0 Å². The summed E-state index contributed by atoms with van der Waals surface area (Å²) >= 11 is 0. The van der Waals surface area contributed by atoms with E-state index in [1.807, 2.05) is 6.92 Å². The Labute approximate surface area is 96.8 Å². The first kappa shape index (κ1) is 13.4. The van der Waals surface area contributed by atoms with Gasteiger partial charge < -0.3 is 4.74 Å². The topological polar surface area (TPSA) is 63.7 Å². The highest BCUT2D eigenvalue weighted by Crippen LogP contribution is 2.22. The Morgan fingerprint density at radius 3 is 2.75 bits per heavy atom. The first-order valence-corrected chi connectivity index (χ1v) is 7.21. The van der Waals surface area contributed by atoms with Crippen LogP contribution in [0.4, 0.5) is 0 Å². The molecule has 1 rings (SSSR count). The Morgan fingerprint density at radius 1 is 1.50 bits per heavy atom. The summed E-state index contributed by atoms with van der Waals surface area (Å²) in [5, 5.41) is 0. The van der Waals surface area contributed by atoms with Crippen LogP contribution in [0, 0.1) is 0 Å². The minimum Gasteiger partial charge on any atom is -0.468 e. The normalized spacial score (nSPS) is 22.2.